The van der Waals surface area contributed by atoms with Gasteiger partial charge < -0.3 is 20.3 Å². The Morgan fingerprint density at radius 3 is 2.95 bits per heavy atom. The van der Waals surface area contributed by atoms with Crippen LogP contribution in [0, 0.1) is 0 Å². The molecule has 1 saturated heterocycles. The summed E-state index contributed by atoms with van der Waals surface area (Å²) in [5.74, 6) is 0.417. The van der Waals surface area contributed by atoms with Gasteiger partial charge >= 0.3 is 0 Å². The number of anilines is 1. The van der Waals surface area contributed by atoms with E-state index in [1.54, 1.807) is 17.8 Å². The monoisotopic (exact) mass is 283 g/mol. The van der Waals surface area contributed by atoms with Crippen molar-refractivity contribution in [2.24, 2.45) is 0 Å². The quantitative estimate of drug-likeness (QED) is 0.812. The van der Waals surface area contributed by atoms with Gasteiger partial charge in [0, 0.05) is 0 Å². The molecule has 1 aliphatic rings. The zero-order valence-corrected chi connectivity index (χ0v) is 11.2. The lowest BCUT2D eigenvalue weighted by Crippen LogP contribution is -2.14. The minimum absolute atomic E-state index is 0.0997. The Kier molecular flexibility index (Phi) is 2.96. The Labute approximate surface area is 112 Å². The molecule has 2 aromatic heterocycles. The Morgan fingerprint density at radius 2 is 2.32 bits per heavy atom. The first-order valence-electron chi connectivity index (χ1n) is 5.63. The largest absolute Gasteiger partial charge is 0.479 e. The number of methoxy groups -OCH3 is 1. The van der Waals surface area contributed by atoms with E-state index in [0.29, 0.717) is 17.0 Å². The van der Waals surface area contributed by atoms with Crippen molar-refractivity contribution in [1.82, 2.24) is 19.5 Å². The summed E-state index contributed by atoms with van der Waals surface area (Å²) in [6.45, 7) is 1.81. The molecule has 2 aromatic rings. The number of aromatic nitrogens is 4. The third kappa shape index (κ3) is 1.99. The Morgan fingerprint density at radius 1 is 1.53 bits per heavy atom. The van der Waals surface area contributed by atoms with Crippen LogP contribution in [0.5, 0.6) is 5.88 Å². The second-order valence-electron chi connectivity index (χ2n) is 4.09. The summed E-state index contributed by atoms with van der Waals surface area (Å²) in [6.07, 6.45) is 1.32. The highest BCUT2D eigenvalue weighted by atomic mass is 32.2. The Bertz CT molecular complexity index is 608. The highest BCUT2D eigenvalue weighted by Gasteiger charge is 2.33. The van der Waals surface area contributed by atoms with Gasteiger partial charge in [0.25, 0.3) is 0 Å². The smallest absolute Gasteiger partial charge is 0.246 e. The molecule has 2 unspecified atom stereocenters. The van der Waals surface area contributed by atoms with Crippen molar-refractivity contribution in [2.45, 2.75) is 24.0 Å². The fourth-order valence-corrected chi connectivity index (χ4v) is 2.90. The number of aliphatic hydroxyl groups is 1. The fraction of sp³-hybridized carbons (Fsp3) is 0.500. The number of thioether (sulfide) groups is 1. The first-order chi connectivity index (χ1) is 9.10. The molecule has 0 saturated carbocycles. The van der Waals surface area contributed by atoms with Gasteiger partial charge in [-0.15, -0.1) is 0 Å². The predicted octanol–water partition coefficient (Wildman–Crippen LogP) is 0.343. The highest BCUT2D eigenvalue weighted by Crippen LogP contribution is 2.40. The molecule has 0 aromatic carbocycles. The summed E-state index contributed by atoms with van der Waals surface area (Å²) < 4.78 is 12.5. The topological polar surface area (TPSA) is 108 Å². The second kappa shape index (κ2) is 4.51. The standard InChI is InChI=1S/C10H13N5O3S/c1-4-8(16)19-10(18-4)15-3-12-5-6(15)13-9(11)14-7(5)17-2/h3-4,8,10,16H,1-2H3,(H2,11,13,14)/t4?,8-,10?/m0/s1. The van der Waals surface area contributed by atoms with E-state index in [0.717, 1.165) is 0 Å². The zero-order valence-electron chi connectivity index (χ0n) is 10.3. The molecule has 0 spiro atoms. The minimum atomic E-state index is -0.580. The number of imidazole rings is 1. The van der Waals surface area contributed by atoms with E-state index in [2.05, 4.69) is 15.0 Å². The molecule has 1 aliphatic heterocycles. The molecule has 102 valence electrons. The van der Waals surface area contributed by atoms with Crippen LogP contribution in [0.15, 0.2) is 6.33 Å². The average molecular weight is 283 g/mol. The number of hydrogen-bond donors (Lipinski definition) is 2. The maximum Gasteiger partial charge on any atom is 0.246 e. The van der Waals surface area contributed by atoms with E-state index in [-0.39, 0.29) is 12.1 Å². The molecule has 0 amide bonds. The molecule has 9 heteroatoms. The molecule has 0 bridgehead atoms. The lowest BCUT2D eigenvalue weighted by atomic mass is 10.4. The van der Waals surface area contributed by atoms with E-state index in [1.807, 2.05) is 0 Å². The molecule has 3 N–H and O–H groups in total. The van der Waals surface area contributed by atoms with Crippen molar-refractivity contribution in [3.8, 4) is 5.88 Å². The second-order valence-corrected chi connectivity index (χ2v) is 5.25. The summed E-state index contributed by atoms with van der Waals surface area (Å²) >= 11 is 1.28. The van der Waals surface area contributed by atoms with E-state index in [9.17, 15) is 5.11 Å². The summed E-state index contributed by atoms with van der Waals surface area (Å²) in [7, 11) is 1.49. The van der Waals surface area contributed by atoms with Crippen molar-refractivity contribution < 1.29 is 14.6 Å². The molecule has 3 heterocycles. The van der Waals surface area contributed by atoms with Crippen LogP contribution in [0.25, 0.3) is 11.2 Å². The van der Waals surface area contributed by atoms with Crippen LogP contribution in [-0.4, -0.2) is 43.3 Å². The summed E-state index contributed by atoms with van der Waals surface area (Å²) in [5.41, 5.74) is 5.69. The van der Waals surface area contributed by atoms with Crippen molar-refractivity contribution >= 4 is 28.9 Å². The van der Waals surface area contributed by atoms with Crippen LogP contribution in [0.1, 0.15) is 12.5 Å². The van der Waals surface area contributed by atoms with Gasteiger partial charge in [0.15, 0.2) is 16.7 Å². The number of hydrogen-bond acceptors (Lipinski definition) is 8. The third-order valence-corrected chi connectivity index (χ3v) is 4.05. The lowest BCUT2D eigenvalue weighted by Gasteiger charge is -2.11. The van der Waals surface area contributed by atoms with Crippen LogP contribution < -0.4 is 10.5 Å². The SMILES string of the molecule is COc1nc(N)nc2c1ncn2C1OC(C)[C@@H](O)S1. The molecule has 0 radical (unpaired) electrons. The van der Waals surface area contributed by atoms with E-state index in [4.69, 9.17) is 15.2 Å². The maximum absolute atomic E-state index is 9.72. The average Bonchev–Trinajstić information content (AvgIpc) is 2.93. The molecular formula is C10H13N5O3S. The number of nitrogens with zero attached hydrogens (tertiary/aromatic N) is 4. The van der Waals surface area contributed by atoms with Gasteiger partial charge in [-0.2, -0.15) is 9.97 Å². The van der Waals surface area contributed by atoms with E-state index < -0.39 is 11.0 Å². The normalized spacial score (nSPS) is 27.0. The predicted molar refractivity (Wildman–Crippen MR) is 69.5 cm³/mol. The first-order valence-corrected chi connectivity index (χ1v) is 6.57. The minimum Gasteiger partial charge on any atom is -0.479 e. The van der Waals surface area contributed by atoms with Crippen LogP contribution in [-0.2, 0) is 4.74 Å². The molecule has 1 fully saturated rings. The number of aliphatic hydroxyl groups excluding tert-OH is 1. The van der Waals surface area contributed by atoms with Gasteiger partial charge in [-0.05, 0) is 6.92 Å². The third-order valence-electron chi connectivity index (χ3n) is 2.82. The number of ether oxygens (including phenoxy) is 2. The maximum atomic E-state index is 9.72. The Hall–Kier alpha value is -1.58. The summed E-state index contributed by atoms with van der Waals surface area (Å²) in [4.78, 5) is 12.3. The number of nitrogens with two attached hydrogens (primary N) is 1. The molecule has 3 atom stereocenters. The first kappa shape index (κ1) is 12.5. The molecule has 0 aliphatic carbocycles. The van der Waals surface area contributed by atoms with Crippen LogP contribution >= 0.6 is 11.8 Å². The number of nitrogen functional groups attached to an aromatic ring is 1. The molecule has 8 nitrogen and oxygen atoms in total. The van der Waals surface area contributed by atoms with Gasteiger partial charge in [-0.3, -0.25) is 4.57 Å². The van der Waals surface area contributed by atoms with Crippen LogP contribution in [0.4, 0.5) is 5.95 Å². The van der Waals surface area contributed by atoms with E-state index >= 15 is 0 Å². The van der Waals surface area contributed by atoms with E-state index in [1.165, 1.54) is 18.9 Å². The van der Waals surface area contributed by atoms with Gasteiger partial charge in [0.2, 0.25) is 11.8 Å². The molecule has 19 heavy (non-hydrogen) atoms. The van der Waals surface area contributed by atoms with Gasteiger partial charge in [-0.1, -0.05) is 11.8 Å². The molecule has 3 rings (SSSR count). The highest BCUT2D eigenvalue weighted by molar-refractivity contribution is 7.99. The van der Waals surface area contributed by atoms with Crippen LogP contribution in [0.3, 0.4) is 0 Å². The number of fused-ring (bicyclic) bond motifs is 1. The zero-order chi connectivity index (χ0) is 13.6. The van der Waals surface area contributed by atoms with Crippen molar-refractivity contribution in [1.29, 1.82) is 0 Å². The Balaban J connectivity index is 2.08. The summed E-state index contributed by atoms with van der Waals surface area (Å²) in [6, 6.07) is 0. The van der Waals surface area contributed by atoms with Crippen molar-refractivity contribution in [2.75, 3.05) is 12.8 Å². The summed E-state index contributed by atoms with van der Waals surface area (Å²) in [5, 5.41) is 9.72. The van der Waals surface area contributed by atoms with Crippen LogP contribution in [0.2, 0.25) is 0 Å². The van der Waals surface area contributed by atoms with Gasteiger partial charge in [0.05, 0.1) is 13.2 Å². The van der Waals surface area contributed by atoms with Crippen molar-refractivity contribution in [3.63, 3.8) is 0 Å². The van der Waals surface area contributed by atoms with Crippen molar-refractivity contribution in [3.05, 3.63) is 6.33 Å². The fourth-order valence-electron chi connectivity index (χ4n) is 1.85. The lowest BCUT2D eigenvalue weighted by molar-refractivity contribution is -0.00253. The molecular weight excluding hydrogens is 270 g/mol. The van der Waals surface area contributed by atoms with Gasteiger partial charge in [-0.25, -0.2) is 4.98 Å². The number of rotatable bonds is 2. The van der Waals surface area contributed by atoms with Gasteiger partial charge in [0.1, 0.15) is 11.8 Å².